The molecule has 0 radical (unpaired) electrons. The molecule has 15 heavy (non-hydrogen) atoms. The lowest BCUT2D eigenvalue weighted by atomic mass is 10.3. The molecule has 84 valence electrons. The molecule has 0 heterocycles. The van der Waals surface area contributed by atoms with E-state index in [2.05, 4.69) is 5.32 Å². The molecule has 0 unspecified atom stereocenters. The Kier molecular flexibility index (Phi) is 4.08. The molecule has 1 aromatic carbocycles. The maximum Gasteiger partial charge on any atom is 0.151 e. The molecule has 5 heteroatoms. The van der Waals surface area contributed by atoms with Gasteiger partial charge in [-0.3, -0.25) is 0 Å². The van der Waals surface area contributed by atoms with Crippen molar-refractivity contribution in [1.82, 2.24) is 0 Å². The number of sulfone groups is 1. The predicted octanol–water partition coefficient (Wildman–Crippen LogP) is 1.67. The van der Waals surface area contributed by atoms with Crippen molar-refractivity contribution < 1.29 is 12.8 Å². The fourth-order valence-corrected chi connectivity index (χ4v) is 1.80. The molecule has 1 N–H and O–H groups in total. The number of benzene rings is 1. The minimum atomic E-state index is -2.96. The quantitative estimate of drug-likeness (QED) is 0.838. The van der Waals surface area contributed by atoms with Gasteiger partial charge in [-0.15, -0.1) is 0 Å². The van der Waals surface area contributed by atoms with Crippen LogP contribution in [0.25, 0.3) is 0 Å². The fourth-order valence-electron chi connectivity index (χ4n) is 1.09. The summed E-state index contributed by atoms with van der Waals surface area (Å²) in [5.41, 5.74) is 0.598. The Balaban J connectivity index is 2.45. The van der Waals surface area contributed by atoms with Crippen molar-refractivity contribution in [3.8, 4) is 0 Å². The molecule has 3 nitrogen and oxygen atoms in total. The van der Waals surface area contributed by atoms with E-state index >= 15 is 0 Å². The van der Waals surface area contributed by atoms with Crippen LogP contribution in [0.4, 0.5) is 10.1 Å². The highest BCUT2D eigenvalue weighted by Gasteiger charge is 2.06. The fraction of sp³-hybridized carbons (Fsp3) is 0.400. The van der Waals surface area contributed by atoms with Gasteiger partial charge in [0.1, 0.15) is 5.82 Å². The second-order valence-electron chi connectivity index (χ2n) is 3.17. The van der Waals surface area contributed by atoms with Gasteiger partial charge in [0, 0.05) is 18.0 Å². The zero-order valence-electron chi connectivity index (χ0n) is 8.53. The molecule has 0 atom stereocenters. The van der Waals surface area contributed by atoms with E-state index in [0.29, 0.717) is 12.2 Å². The van der Waals surface area contributed by atoms with Crippen molar-refractivity contribution in [3.05, 3.63) is 30.1 Å². The standard InChI is InChI=1S/C10H14FNO2S/c1-2-15(13,14)7-6-12-10-5-3-4-9(11)8-10/h3-5,8,12H,2,6-7H2,1H3. The van der Waals surface area contributed by atoms with Crippen LogP contribution in [0.1, 0.15) is 6.92 Å². The maximum atomic E-state index is 12.7. The average molecular weight is 231 g/mol. The molecule has 1 aromatic rings. The van der Waals surface area contributed by atoms with Crippen LogP contribution in [0.15, 0.2) is 24.3 Å². The van der Waals surface area contributed by atoms with Gasteiger partial charge >= 0.3 is 0 Å². The van der Waals surface area contributed by atoms with E-state index < -0.39 is 9.84 Å². The molecule has 0 bridgehead atoms. The van der Waals surface area contributed by atoms with Gasteiger partial charge in [0.2, 0.25) is 0 Å². The Hall–Kier alpha value is -1.10. The second-order valence-corrected chi connectivity index (χ2v) is 5.65. The van der Waals surface area contributed by atoms with Crippen molar-refractivity contribution in [2.24, 2.45) is 0 Å². The summed E-state index contributed by atoms with van der Waals surface area (Å²) in [4.78, 5) is 0. The number of rotatable bonds is 5. The molecule has 0 aliphatic carbocycles. The molecule has 1 rings (SSSR count). The van der Waals surface area contributed by atoms with Gasteiger partial charge in [-0.2, -0.15) is 0 Å². The topological polar surface area (TPSA) is 46.2 Å². The van der Waals surface area contributed by atoms with Gasteiger partial charge in [-0.05, 0) is 18.2 Å². The summed E-state index contributed by atoms with van der Waals surface area (Å²) in [7, 11) is -2.96. The molecule has 0 saturated carbocycles. The maximum absolute atomic E-state index is 12.7. The SMILES string of the molecule is CCS(=O)(=O)CCNc1cccc(F)c1. The van der Waals surface area contributed by atoms with Crippen molar-refractivity contribution in [2.75, 3.05) is 23.4 Å². The van der Waals surface area contributed by atoms with Gasteiger partial charge < -0.3 is 5.32 Å². The second kappa shape index (κ2) is 5.11. The first-order valence-corrected chi connectivity index (χ1v) is 6.55. The van der Waals surface area contributed by atoms with Crippen LogP contribution in [0.5, 0.6) is 0 Å². The van der Waals surface area contributed by atoms with Gasteiger partial charge in [0.05, 0.1) is 5.75 Å². The number of hydrogen-bond acceptors (Lipinski definition) is 3. The first kappa shape index (κ1) is 12.0. The van der Waals surface area contributed by atoms with Crippen LogP contribution in [0.3, 0.4) is 0 Å². The summed E-state index contributed by atoms with van der Waals surface area (Å²) in [6, 6.07) is 5.94. The van der Waals surface area contributed by atoms with Gasteiger partial charge in [-0.25, -0.2) is 12.8 Å². The van der Waals surface area contributed by atoms with E-state index in [1.807, 2.05) is 0 Å². The van der Waals surface area contributed by atoms with Crippen LogP contribution in [-0.2, 0) is 9.84 Å². The molecule has 0 aliphatic heterocycles. The third kappa shape index (κ3) is 4.29. The lowest BCUT2D eigenvalue weighted by Crippen LogP contribution is -2.17. The molecule has 0 spiro atoms. The van der Waals surface area contributed by atoms with E-state index in [1.165, 1.54) is 12.1 Å². The Morgan fingerprint density at radius 1 is 1.40 bits per heavy atom. The molecular weight excluding hydrogens is 217 g/mol. The van der Waals surface area contributed by atoms with E-state index in [1.54, 1.807) is 19.1 Å². The zero-order chi connectivity index (χ0) is 11.3. The first-order chi connectivity index (χ1) is 7.03. The predicted molar refractivity (Wildman–Crippen MR) is 59.2 cm³/mol. The van der Waals surface area contributed by atoms with E-state index in [9.17, 15) is 12.8 Å². The molecule has 0 amide bonds. The Morgan fingerprint density at radius 3 is 2.73 bits per heavy atom. The van der Waals surface area contributed by atoms with Gasteiger partial charge in [-0.1, -0.05) is 13.0 Å². The molecule has 0 saturated heterocycles. The third-order valence-electron chi connectivity index (χ3n) is 2.01. The van der Waals surface area contributed by atoms with E-state index in [0.717, 1.165) is 0 Å². The summed E-state index contributed by atoms with van der Waals surface area (Å²) < 4.78 is 35.0. The minimum Gasteiger partial charge on any atom is -0.384 e. The van der Waals surface area contributed by atoms with Crippen LogP contribution in [0, 0.1) is 5.82 Å². The number of hydrogen-bond donors (Lipinski definition) is 1. The first-order valence-electron chi connectivity index (χ1n) is 4.73. The number of halogens is 1. The van der Waals surface area contributed by atoms with Crippen molar-refractivity contribution in [2.45, 2.75) is 6.92 Å². The molecule has 0 aliphatic rings. The van der Waals surface area contributed by atoms with Crippen LogP contribution < -0.4 is 5.32 Å². The lowest BCUT2D eigenvalue weighted by Gasteiger charge is -2.05. The Labute approximate surface area is 89.2 Å². The van der Waals surface area contributed by atoms with Crippen molar-refractivity contribution in [3.63, 3.8) is 0 Å². The molecule has 0 aromatic heterocycles. The van der Waals surface area contributed by atoms with Gasteiger partial charge in [0.15, 0.2) is 9.84 Å². The highest BCUT2D eigenvalue weighted by atomic mass is 32.2. The number of anilines is 1. The van der Waals surface area contributed by atoms with E-state index in [-0.39, 0.29) is 17.3 Å². The highest BCUT2D eigenvalue weighted by Crippen LogP contribution is 2.08. The van der Waals surface area contributed by atoms with E-state index in [4.69, 9.17) is 0 Å². The monoisotopic (exact) mass is 231 g/mol. The summed E-state index contributed by atoms with van der Waals surface area (Å²) in [6.07, 6.45) is 0. The van der Waals surface area contributed by atoms with Gasteiger partial charge in [0.25, 0.3) is 0 Å². The normalized spacial score (nSPS) is 11.3. The Bertz CT molecular complexity index is 417. The van der Waals surface area contributed by atoms with Crippen LogP contribution in [0.2, 0.25) is 0 Å². The summed E-state index contributed by atoms with van der Waals surface area (Å²) in [5, 5.41) is 2.86. The van der Waals surface area contributed by atoms with Crippen molar-refractivity contribution in [1.29, 1.82) is 0 Å². The minimum absolute atomic E-state index is 0.0695. The zero-order valence-corrected chi connectivity index (χ0v) is 9.35. The van der Waals surface area contributed by atoms with Crippen LogP contribution in [-0.4, -0.2) is 26.5 Å². The highest BCUT2D eigenvalue weighted by molar-refractivity contribution is 7.91. The summed E-state index contributed by atoms with van der Waals surface area (Å²) in [6.45, 7) is 1.91. The summed E-state index contributed by atoms with van der Waals surface area (Å²) in [5.74, 6) is -0.129. The third-order valence-corrected chi connectivity index (χ3v) is 3.71. The molecule has 0 fully saturated rings. The summed E-state index contributed by atoms with van der Waals surface area (Å²) >= 11 is 0. The Morgan fingerprint density at radius 2 is 2.13 bits per heavy atom. The number of nitrogens with one attached hydrogen (secondary N) is 1. The smallest absolute Gasteiger partial charge is 0.151 e. The molecular formula is C10H14FNO2S. The van der Waals surface area contributed by atoms with Crippen molar-refractivity contribution >= 4 is 15.5 Å². The largest absolute Gasteiger partial charge is 0.384 e. The lowest BCUT2D eigenvalue weighted by molar-refractivity contribution is 0.597. The average Bonchev–Trinajstić information content (AvgIpc) is 2.18. The van der Waals surface area contributed by atoms with Crippen LogP contribution >= 0.6 is 0 Å².